The molecule has 0 fully saturated rings. The van der Waals surface area contributed by atoms with Crippen LogP contribution in [0.25, 0.3) is 10.9 Å². The quantitative estimate of drug-likeness (QED) is 0.242. The second-order valence-electron chi connectivity index (χ2n) is 10.5. The van der Waals surface area contributed by atoms with Gasteiger partial charge in [0, 0.05) is 28.4 Å². The van der Waals surface area contributed by atoms with Gasteiger partial charge in [0.25, 0.3) is 5.91 Å². The fourth-order valence-corrected chi connectivity index (χ4v) is 6.77. The molecule has 10 nitrogen and oxygen atoms in total. The zero-order valence-corrected chi connectivity index (χ0v) is 26.2. The Morgan fingerprint density at radius 2 is 1.77 bits per heavy atom. The molecule has 230 valence electrons. The highest BCUT2D eigenvalue weighted by atomic mass is 32.2. The van der Waals surface area contributed by atoms with Crippen LogP contribution >= 0.6 is 0 Å². The lowest BCUT2D eigenvalue weighted by molar-refractivity contribution is -0.120. The number of hydrogen-bond donors (Lipinski definition) is 1. The number of aromatic nitrogens is 1. The summed E-state index contributed by atoms with van der Waals surface area (Å²) < 4.78 is 45.5. The molecule has 1 aromatic heterocycles. The Kier molecular flexibility index (Phi) is 8.78. The van der Waals surface area contributed by atoms with E-state index in [1.807, 2.05) is 26.8 Å². The largest absolute Gasteiger partial charge is 0.496 e. The first kappa shape index (κ1) is 30.8. The molecule has 1 aliphatic heterocycles. The fraction of sp³-hybridized carbons (Fsp3) is 0.303. The third-order valence-electron chi connectivity index (χ3n) is 7.59. The van der Waals surface area contributed by atoms with Crippen molar-refractivity contribution in [2.45, 2.75) is 45.9 Å². The van der Waals surface area contributed by atoms with Crippen molar-refractivity contribution in [2.75, 3.05) is 25.2 Å². The van der Waals surface area contributed by atoms with Crippen LogP contribution in [-0.2, 0) is 27.1 Å². The molecule has 11 heteroatoms. The summed E-state index contributed by atoms with van der Waals surface area (Å²) in [5.41, 5.74) is 4.15. The van der Waals surface area contributed by atoms with E-state index in [9.17, 15) is 18.0 Å². The predicted molar refractivity (Wildman–Crippen MR) is 168 cm³/mol. The van der Waals surface area contributed by atoms with Crippen LogP contribution in [0, 0.1) is 6.92 Å². The summed E-state index contributed by atoms with van der Waals surface area (Å²) in [7, 11) is -2.52. The third-order valence-corrected chi connectivity index (χ3v) is 8.81. The Hall–Kier alpha value is -4.64. The van der Waals surface area contributed by atoms with Crippen LogP contribution < -0.4 is 23.8 Å². The van der Waals surface area contributed by atoms with E-state index in [0.717, 1.165) is 0 Å². The van der Waals surface area contributed by atoms with Gasteiger partial charge in [-0.25, -0.2) is 8.42 Å². The molecule has 0 bridgehead atoms. The lowest BCUT2D eigenvalue weighted by Crippen LogP contribution is -2.34. The van der Waals surface area contributed by atoms with E-state index < -0.39 is 27.6 Å². The number of carbonyl (C=O) groups is 2. The molecule has 1 aliphatic rings. The van der Waals surface area contributed by atoms with E-state index in [2.05, 4.69) is 9.71 Å². The summed E-state index contributed by atoms with van der Waals surface area (Å²) in [4.78, 5) is 33.0. The number of pyridine rings is 1. The maximum atomic E-state index is 13.9. The molecule has 1 N–H and O–H groups in total. The molecule has 0 saturated carbocycles. The minimum Gasteiger partial charge on any atom is -0.496 e. The molecule has 2 amide bonds. The SMILES string of the molecule is CCOc1c2c(c(OCC)c3ncccc13)CN(c1ccc(CS(=O)(=O)NC(=O)C(C)c3ccccc3OC)cc1C)C2=O. The van der Waals surface area contributed by atoms with E-state index in [1.165, 1.54) is 7.11 Å². The lowest BCUT2D eigenvalue weighted by Gasteiger charge is -2.20. The Morgan fingerprint density at radius 3 is 2.48 bits per heavy atom. The number of sulfonamides is 1. The van der Waals surface area contributed by atoms with Gasteiger partial charge in [0.15, 0.2) is 5.75 Å². The number of hydrogen-bond acceptors (Lipinski definition) is 8. The topological polar surface area (TPSA) is 124 Å². The Labute approximate surface area is 257 Å². The highest BCUT2D eigenvalue weighted by molar-refractivity contribution is 7.89. The number of carbonyl (C=O) groups excluding carboxylic acids is 2. The van der Waals surface area contributed by atoms with Crippen molar-refractivity contribution in [1.29, 1.82) is 0 Å². The van der Waals surface area contributed by atoms with Crippen LogP contribution in [0.2, 0.25) is 0 Å². The Balaban J connectivity index is 1.40. The summed E-state index contributed by atoms with van der Waals surface area (Å²) in [6.45, 7) is 8.19. The number of para-hydroxylation sites is 1. The molecule has 3 aromatic carbocycles. The Morgan fingerprint density at radius 1 is 1.05 bits per heavy atom. The molecule has 1 unspecified atom stereocenters. The maximum Gasteiger partial charge on any atom is 0.262 e. The minimum atomic E-state index is -4.02. The van der Waals surface area contributed by atoms with Gasteiger partial charge in [0.05, 0.1) is 44.1 Å². The monoisotopic (exact) mass is 617 g/mol. The van der Waals surface area contributed by atoms with Crippen molar-refractivity contribution in [3.05, 3.63) is 88.6 Å². The van der Waals surface area contributed by atoms with Gasteiger partial charge in [-0.2, -0.15) is 0 Å². The van der Waals surface area contributed by atoms with E-state index in [1.54, 1.807) is 66.6 Å². The number of ether oxygens (including phenoxy) is 3. The number of methoxy groups -OCH3 is 1. The highest BCUT2D eigenvalue weighted by Gasteiger charge is 2.37. The maximum absolute atomic E-state index is 13.9. The van der Waals surface area contributed by atoms with Gasteiger partial charge >= 0.3 is 0 Å². The molecule has 44 heavy (non-hydrogen) atoms. The first-order valence-electron chi connectivity index (χ1n) is 14.4. The predicted octanol–water partition coefficient (Wildman–Crippen LogP) is 5.26. The summed E-state index contributed by atoms with van der Waals surface area (Å²) >= 11 is 0. The van der Waals surface area contributed by atoms with Gasteiger partial charge in [0.1, 0.15) is 17.0 Å². The first-order valence-corrected chi connectivity index (χ1v) is 16.0. The van der Waals surface area contributed by atoms with Crippen molar-refractivity contribution in [2.24, 2.45) is 0 Å². The molecule has 5 rings (SSSR count). The van der Waals surface area contributed by atoms with Crippen LogP contribution in [0.15, 0.2) is 60.8 Å². The summed E-state index contributed by atoms with van der Waals surface area (Å²) in [6.07, 6.45) is 1.68. The summed E-state index contributed by atoms with van der Waals surface area (Å²) in [5.74, 6) is -0.522. The summed E-state index contributed by atoms with van der Waals surface area (Å²) in [6, 6.07) is 15.7. The molecule has 0 aliphatic carbocycles. The average Bonchev–Trinajstić information content (AvgIpc) is 3.34. The number of anilines is 1. The van der Waals surface area contributed by atoms with Crippen molar-refractivity contribution >= 4 is 38.4 Å². The van der Waals surface area contributed by atoms with Crippen LogP contribution in [0.1, 0.15) is 59.3 Å². The van der Waals surface area contributed by atoms with E-state index in [0.29, 0.717) is 74.9 Å². The van der Waals surface area contributed by atoms with E-state index in [-0.39, 0.29) is 12.5 Å². The molecule has 4 aromatic rings. The second kappa shape index (κ2) is 12.5. The van der Waals surface area contributed by atoms with Crippen LogP contribution in [-0.4, -0.2) is 45.5 Å². The lowest BCUT2D eigenvalue weighted by atomic mass is 10.00. The number of nitrogens with zero attached hydrogens (tertiary/aromatic N) is 2. The van der Waals surface area contributed by atoms with Crippen molar-refractivity contribution in [1.82, 2.24) is 9.71 Å². The smallest absolute Gasteiger partial charge is 0.262 e. The van der Waals surface area contributed by atoms with Crippen LogP contribution in [0.5, 0.6) is 17.2 Å². The number of aryl methyl sites for hydroxylation is 1. The molecule has 0 radical (unpaired) electrons. The molecule has 0 spiro atoms. The standard InChI is InChI=1S/C33H35N3O7S/c1-6-42-30-24-12-10-16-34-29(24)31(43-7-2)25-18-36(33(38)28(25)30)26-15-14-22(17-20(26)3)19-44(39,40)35-32(37)21(4)23-11-8-9-13-27(23)41-5/h8-17,21H,6-7,18-19H2,1-5H3,(H,35,37). The zero-order valence-electron chi connectivity index (χ0n) is 25.3. The van der Waals surface area contributed by atoms with Gasteiger partial charge in [-0.15, -0.1) is 0 Å². The fourth-order valence-electron chi connectivity index (χ4n) is 5.60. The zero-order chi connectivity index (χ0) is 31.6. The number of rotatable bonds is 11. The Bertz CT molecular complexity index is 1860. The van der Waals surface area contributed by atoms with Gasteiger partial charge in [-0.3, -0.25) is 19.3 Å². The van der Waals surface area contributed by atoms with Gasteiger partial charge < -0.3 is 19.1 Å². The summed E-state index contributed by atoms with van der Waals surface area (Å²) in [5, 5.41) is 0.700. The number of fused-ring (bicyclic) bond motifs is 2. The van der Waals surface area contributed by atoms with Crippen molar-refractivity contribution in [3.63, 3.8) is 0 Å². The van der Waals surface area contributed by atoms with Crippen molar-refractivity contribution in [3.8, 4) is 17.2 Å². The first-order chi connectivity index (χ1) is 21.1. The number of benzene rings is 3. The van der Waals surface area contributed by atoms with Gasteiger partial charge in [-0.1, -0.05) is 30.3 Å². The second-order valence-corrected chi connectivity index (χ2v) is 12.2. The minimum absolute atomic E-state index is 0.240. The number of amides is 2. The van der Waals surface area contributed by atoms with Gasteiger partial charge in [-0.05, 0) is 63.1 Å². The molecule has 1 atom stereocenters. The molecular weight excluding hydrogens is 582 g/mol. The molecule has 0 saturated heterocycles. The molecular formula is C33H35N3O7S. The molecule has 2 heterocycles. The van der Waals surface area contributed by atoms with E-state index >= 15 is 0 Å². The van der Waals surface area contributed by atoms with E-state index in [4.69, 9.17) is 14.2 Å². The van der Waals surface area contributed by atoms with Crippen LogP contribution in [0.4, 0.5) is 5.69 Å². The third kappa shape index (κ3) is 5.79. The average molecular weight is 618 g/mol. The normalized spacial score (nSPS) is 13.5. The number of nitrogens with one attached hydrogen (secondary N) is 1. The van der Waals surface area contributed by atoms with Crippen molar-refractivity contribution < 1.29 is 32.2 Å². The van der Waals surface area contributed by atoms with Gasteiger partial charge in [0.2, 0.25) is 15.9 Å². The highest BCUT2D eigenvalue weighted by Crippen LogP contribution is 2.45. The van der Waals surface area contributed by atoms with Crippen LogP contribution in [0.3, 0.4) is 0 Å².